The Morgan fingerprint density at radius 1 is 1.33 bits per heavy atom. The number of unbranched alkanes of at least 4 members (excludes halogenated alkanes) is 1. The second kappa shape index (κ2) is 6.06. The summed E-state index contributed by atoms with van der Waals surface area (Å²) in [5.41, 5.74) is 1.15. The number of benzene rings is 1. The first-order valence-electron chi connectivity index (χ1n) is 5.24. The third kappa shape index (κ3) is 4.49. The van der Waals surface area contributed by atoms with Crippen LogP contribution in [0.2, 0.25) is 0 Å². The van der Waals surface area contributed by atoms with Crippen LogP contribution in [0.25, 0.3) is 0 Å². The molecule has 0 aliphatic heterocycles. The number of hydrogen-bond acceptors (Lipinski definition) is 2. The molecule has 0 fully saturated rings. The van der Waals surface area contributed by atoms with Crippen LogP contribution in [0.3, 0.4) is 0 Å². The molecule has 3 nitrogen and oxygen atoms in total. The van der Waals surface area contributed by atoms with Gasteiger partial charge in [-0.25, -0.2) is 4.79 Å². The van der Waals surface area contributed by atoms with Crippen molar-refractivity contribution in [3.63, 3.8) is 0 Å². The summed E-state index contributed by atoms with van der Waals surface area (Å²) in [6.45, 7) is 4.74. The summed E-state index contributed by atoms with van der Waals surface area (Å²) in [6.07, 6.45) is 1.65. The molecule has 0 aliphatic carbocycles. The standard InChI is InChI=1S/C12H17NO2/c1-3-4-9-13-12(14)15-11-7-5-10(2)6-8-11/h5-8H,3-4,9H2,1-2H3,(H,13,14). The second-order valence-electron chi connectivity index (χ2n) is 3.48. The van der Waals surface area contributed by atoms with Crippen molar-refractivity contribution in [2.24, 2.45) is 0 Å². The molecule has 0 bridgehead atoms. The SMILES string of the molecule is CCCCNC(=O)Oc1ccc(C)cc1. The molecule has 0 spiro atoms. The first-order chi connectivity index (χ1) is 7.22. The highest BCUT2D eigenvalue weighted by Crippen LogP contribution is 2.11. The minimum absolute atomic E-state index is 0.382. The third-order valence-electron chi connectivity index (χ3n) is 2.03. The van der Waals surface area contributed by atoms with E-state index in [1.54, 1.807) is 12.1 Å². The van der Waals surface area contributed by atoms with Gasteiger partial charge >= 0.3 is 6.09 Å². The molecule has 1 N–H and O–H groups in total. The van der Waals surface area contributed by atoms with Gasteiger partial charge in [0, 0.05) is 6.54 Å². The fourth-order valence-corrected chi connectivity index (χ4v) is 1.12. The summed E-state index contributed by atoms with van der Waals surface area (Å²) in [5, 5.41) is 2.69. The Morgan fingerprint density at radius 3 is 2.60 bits per heavy atom. The van der Waals surface area contributed by atoms with Crippen molar-refractivity contribution >= 4 is 6.09 Å². The van der Waals surface area contributed by atoms with Crippen LogP contribution in [0.15, 0.2) is 24.3 Å². The quantitative estimate of drug-likeness (QED) is 0.771. The molecule has 15 heavy (non-hydrogen) atoms. The highest BCUT2D eigenvalue weighted by Gasteiger charge is 2.01. The average molecular weight is 207 g/mol. The van der Waals surface area contributed by atoms with Crippen LogP contribution >= 0.6 is 0 Å². The molecule has 0 aliphatic rings. The monoisotopic (exact) mass is 207 g/mol. The van der Waals surface area contributed by atoms with Gasteiger partial charge in [0.05, 0.1) is 0 Å². The molecule has 0 saturated heterocycles. The van der Waals surface area contributed by atoms with Crippen molar-refractivity contribution in [2.45, 2.75) is 26.7 Å². The zero-order valence-corrected chi connectivity index (χ0v) is 9.25. The van der Waals surface area contributed by atoms with Crippen molar-refractivity contribution < 1.29 is 9.53 Å². The van der Waals surface area contributed by atoms with Gasteiger partial charge in [-0.05, 0) is 25.5 Å². The van der Waals surface area contributed by atoms with Crippen molar-refractivity contribution in [1.29, 1.82) is 0 Å². The van der Waals surface area contributed by atoms with Gasteiger partial charge in [-0.1, -0.05) is 31.0 Å². The number of nitrogens with one attached hydrogen (secondary N) is 1. The van der Waals surface area contributed by atoms with Gasteiger partial charge in [-0.3, -0.25) is 0 Å². The Morgan fingerprint density at radius 2 is 2.00 bits per heavy atom. The van der Waals surface area contributed by atoms with E-state index in [9.17, 15) is 4.79 Å². The highest BCUT2D eigenvalue weighted by molar-refractivity contribution is 5.70. The molecule has 1 rings (SSSR count). The van der Waals surface area contributed by atoms with E-state index >= 15 is 0 Å². The largest absolute Gasteiger partial charge is 0.412 e. The predicted molar refractivity (Wildman–Crippen MR) is 60.1 cm³/mol. The predicted octanol–water partition coefficient (Wildman–Crippen LogP) is 2.88. The molecule has 0 saturated carbocycles. The van der Waals surface area contributed by atoms with Gasteiger partial charge in [-0.2, -0.15) is 0 Å². The molecule has 1 amide bonds. The second-order valence-corrected chi connectivity index (χ2v) is 3.48. The fourth-order valence-electron chi connectivity index (χ4n) is 1.12. The summed E-state index contributed by atoms with van der Waals surface area (Å²) < 4.78 is 5.07. The first kappa shape index (κ1) is 11.6. The number of amides is 1. The topological polar surface area (TPSA) is 38.3 Å². The van der Waals surface area contributed by atoms with Crippen LogP contribution in [-0.4, -0.2) is 12.6 Å². The Hall–Kier alpha value is -1.51. The van der Waals surface area contributed by atoms with E-state index in [-0.39, 0.29) is 6.09 Å². The first-order valence-corrected chi connectivity index (χ1v) is 5.24. The van der Waals surface area contributed by atoms with Gasteiger partial charge in [0.15, 0.2) is 0 Å². The van der Waals surface area contributed by atoms with E-state index in [0.29, 0.717) is 12.3 Å². The maximum absolute atomic E-state index is 11.2. The number of carbonyl (C=O) groups excluding carboxylic acids is 1. The molecule has 0 radical (unpaired) electrons. The number of carbonyl (C=O) groups is 1. The highest BCUT2D eigenvalue weighted by atomic mass is 16.5. The van der Waals surface area contributed by atoms with E-state index in [2.05, 4.69) is 12.2 Å². The molecule has 0 atom stereocenters. The Balaban J connectivity index is 2.34. The number of aryl methyl sites for hydroxylation is 1. The minimum Gasteiger partial charge on any atom is -0.410 e. The molecular formula is C12H17NO2. The molecule has 0 aromatic heterocycles. The normalized spacial score (nSPS) is 9.73. The lowest BCUT2D eigenvalue weighted by Gasteiger charge is -2.05. The fraction of sp³-hybridized carbons (Fsp3) is 0.417. The van der Waals surface area contributed by atoms with E-state index in [0.717, 1.165) is 18.4 Å². The van der Waals surface area contributed by atoms with Gasteiger partial charge in [-0.15, -0.1) is 0 Å². The smallest absolute Gasteiger partial charge is 0.410 e. The maximum atomic E-state index is 11.2. The van der Waals surface area contributed by atoms with Crippen molar-refractivity contribution in [2.75, 3.05) is 6.54 Å². The Kier molecular flexibility index (Phi) is 4.68. The zero-order valence-electron chi connectivity index (χ0n) is 9.25. The van der Waals surface area contributed by atoms with Crippen LogP contribution in [0, 0.1) is 6.92 Å². The van der Waals surface area contributed by atoms with Crippen LogP contribution in [0.1, 0.15) is 25.3 Å². The lowest BCUT2D eigenvalue weighted by atomic mass is 10.2. The number of ether oxygens (including phenoxy) is 1. The third-order valence-corrected chi connectivity index (χ3v) is 2.03. The maximum Gasteiger partial charge on any atom is 0.412 e. The van der Waals surface area contributed by atoms with E-state index < -0.39 is 0 Å². The Bertz CT molecular complexity index is 306. The van der Waals surface area contributed by atoms with E-state index in [4.69, 9.17) is 4.74 Å². The molecule has 0 heterocycles. The molecule has 3 heteroatoms. The summed E-state index contributed by atoms with van der Waals surface area (Å²) in [7, 11) is 0. The van der Waals surface area contributed by atoms with Gasteiger partial charge in [0.1, 0.15) is 5.75 Å². The van der Waals surface area contributed by atoms with E-state index in [1.807, 2.05) is 19.1 Å². The molecule has 1 aromatic carbocycles. The number of rotatable bonds is 4. The molecule has 0 unspecified atom stereocenters. The van der Waals surface area contributed by atoms with Gasteiger partial charge in [0.25, 0.3) is 0 Å². The van der Waals surface area contributed by atoms with Gasteiger partial charge < -0.3 is 10.1 Å². The van der Waals surface area contributed by atoms with Crippen LogP contribution in [-0.2, 0) is 0 Å². The van der Waals surface area contributed by atoms with Gasteiger partial charge in [0.2, 0.25) is 0 Å². The number of hydrogen-bond donors (Lipinski definition) is 1. The molecule has 82 valence electrons. The Labute approximate surface area is 90.4 Å². The lowest BCUT2D eigenvalue weighted by molar-refractivity contribution is 0.200. The zero-order chi connectivity index (χ0) is 11.1. The average Bonchev–Trinajstić information content (AvgIpc) is 2.22. The molecular weight excluding hydrogens is 190 g/mol. The van der Waals surface area contributed by atoms with Crippen LogP contribution in [0.4, 0.5) is 4.79 Å². The minimum atomic E-state index is -0.382. The lowest BCUT2D eigenvalue weighted by Crippen LogP contribution is -2.27. The summed E-state index contributed by atoms with van der Waals surface area (Å²) in [6, 6.07) is 7.40. The summed E-state index contributed by atoms with van der Waals surface area (Å²) in [4.78, 5) is 11.2. The van der Waals surface area contributed by atoms with Crippen molar-refractivity contribution in [3.8, 4) is 5.75 Å². The van der Waals surface area contributed by atoms with Crippen molar-refractivity contribution in [3.05, 3.63) is 29.8 Å². The summed E-state index contributed by atoms with van der Waals surface area (Å²) >= 11 is 0. The van der Waals surface area contributed by atoms with Crippen LogP contribution < -0.4 is 10.1 Å². The van der Waals surface area contributed by atoms with Crippen molar-refractivity contribution in [1.82, 2.24) is 5.32 Å². The van der Waals surface area contributed by atoms with E-state index in [1.165, 1.54) is 0 Å². The molecule has 1 aromatic rings. The summed E-state index contributed by atoms with van der Waals surface area (Å²) in [5.74, 6) is 0.578. The van der Waals surface area contributed by atoms with Crippen LogP contribution in [0.5, 0.6) is 5.75 Å².